The van der Waals surface area contributed by atoms with Crippen LogP contribution in [0.25, 0.3) is 11.1 Å². The Morgan fingerprint density at radius 2 is 1.33 bits per heavy atom. The van der Waals surface area contributed by atoms with E-state index >= 15 is 0 Å². The fraction of sp³-hybridized carbons (Fsp3) is 0. The molecule has 0 saturated heterocycles. The van der Waals surface area contributed by atoms with E-state index in [1.807, 2.05) is 54.6 Å². The molecule has 2 nitrogen and oxygen atoms in total. The maximum atomic E-state index is 6.11. The average Bonchev–Trinajstić information content (AvgIpc) is 2.52. The molecular formula is C18H16N2S. The Balaban J connectivity index is 1.92. The lowest BCUT2D eigenvalue weighted by atomic mass is 10.0. The van der Waals surface area contributed by atoms with E-state index in [1.165, 1.54) is 0 Å². The Hall–Kier alpha value is -2.39. The Morgan fingerprint density at radius 1 is 0.667 bits per heavy atom. The third-order valence-electron chi connectivity index (χ3n) is 3.23. The molecule has 0 amide bonds. The van der Waals surface area contributed by atoms with Gasteiger partial charge in [-0.3, -0.25) is 0 Å². The minimum absolute atomic E-state index is 0.779. The highest BCUT2D eigenvalue weighted by Crippen LogP contribution is 2.34. The van der Waals surface area contributed by atoms with Gasteiger partial charge in [0.1, 0.15) is 0 Å². The zero-order valence-corrected chi connectivity index (χ0v) is 12.3. The summed E-state index contributed by atoms with van der Waals surface area (Å²) in [5.74, 6) is 0. The Morgan fingerprint density at radius 3 is 2.05 bits per heavy atom. The van der Waals surface area contributed by atoms with Crippen molar-refractivity contribution in [3.8, 4) is 11.1 Å². The second kappa shape index (κ2) is 5.94. The van der Waals surface area contributed by atoms with E-state index in [-0.39, 0.29) is 0 Å². The van der Waals surface area contributed by atoms with Gasteiger partial charge >= 0.3 is 0 Å². The van der Waals surface area contributed by atoms with E-state index in [0.717, 1.165) is 32.3 Å². The first-order valence-electron chi connectivity index (χ1n) is 6.71. The van der Waals surface area contributed by atoms with Crippen molar-refractivity contribution in [2.75, 3.05) is 11.5 Å². The molecule has 0 aliphatic heterocycles. The van der Waals surface area contributed by atoms with Gasteiger partial charge in [0.25, 0.3) is 0 Å². The molecule has 0 fully saturated rings. The quantitative estimate of drug-likeness (QED) is 0.690. The summed E-state index contributed by atoms with van der Waals surface area (Å²) in [5.41, 5.74) is 15.6. The molecule has 0 radical (unpaired) electrons. The van der Waals surface area contributed by atoms with Gasteiger partial charge in [0, 0.05) is 26.7 Å². The summed E-state index contributed by atoms with van der Waals surface area (Å²) in [5, 5.41) is 0. The highest BCUT2D eigenvalue weighted by atomic mass is 32.2. The van der Waals surface area contributed by atoms with E-state index in [4.69, 9.17) is 11.5 Å². The molecule has 0 spiro atoms. The molecule has 0 aliphatic rings. The molecule has 21 heavy (non-hydrogen) atoms. The van der Waals surface area contributed by atoms with E-state index in [9.17, 15) is 0 Å². The summed E-state index contributed by atoms with van der Waals surface area (Å²) in [6.45, 7) is 0. The Kier molecular flexibility index (Phi) is 3.84. The van der Waals surface area contributed by atoms with Crippen LogP contribution in [0, 0.1) is 0 Å². The molecule has 0 atom stereocenters. The van der Waals surface area contributed by atoms with Crippen LogP contribution in [0.3, 0.4) is 0 Å². The van der Waals surface area contributed by atoms with Crippen LogP contribution in [-0.2, 0) is 0 Å². The van der Waals surface area contributed by atoms with Crippen molar-refractivity contribution >= 4 is 23.1 Å². The minimum Gasteiger partial charge on any atom is -0.399 e. The minimum atomic E-state index is 0.779. The molecule has 0 aliphatic carbocycles. The largest absolute Gasteiger partial charge is 0.399 e. The lowest BCUT2D eigenvalue weighted by molar-refractivity contribution is 1.41. The van der Waals surface area contributed by atoms with Crippen LogP contribution < -0.4 is 11.5 Å². The standard InChI is InChI=1S/C18H16N2S/c19-14-6-8-15(9-7-14)21-16-10-11-18(20)17(12-16)13-4-2-1-3-5-13/h1-12H,19-20H2. The van der Waals surface area contributed by atoms with E-state index in [1.54, 1.807) is 11.8 Å². The van der Waals surface area contributed by atoms with E-state index in [2.05, 4.69) is 18.2 Å². The molecule has 0 heterocycles. The maximum Gasteiger partial charge on any atom is 0.0394 e. The van der Waals surface area contributed by atoms with Crippen LogP contribution in [0.4, 0.5) is 11.4 Å². The van der Waals surface area contributed by atoms with Gasteiger partial charge < -0.3 is 11.5 Å². The van der Waals surface area contributed by atoms with Gasteiger partial charge in [-0.1, -0.05) is 42.1 Å². The smallest absolute Gasteiger partial charge is 0.0394 e. The van der Waals surface area contributed by atoms with Crippen LogP contribution in [-0.4, -0.2) is 0 Å². The van der Waals surface area contributed by atoms with Crippen LogP contribution >= 0.6 is 11.8 Å². The molecule has 3 rings (SSSR count). The highest BCUT2D eigenvalue weighted by molar-refractivity contribution is 7.99. The number of rotatable bonds is 3. The molecule has 3 aromatic carbocycles. The number of hydrogen-bond acceptors (Lipinski definition) is 3. The van der Waals surface area contributed by atoms with Crippen molar-refractivity contribution < 1.29 is 0 Å². The first-order valence-corrected chi connectivity index (χ1v) is 7.52. The molecule has 3 heteroatoms. The number of nitrogens with two attached hydrogens (primary N) is 2. The zero-order valence-electron chi connectivity index (χ0n) is 11.5. The predicted octanol–water partition coefficient (Wildman–Crippen LogP) is 4.67. The van der Waals surface area contributed by atoms with E-state index < -0.39 is 0 Å². The van der Waals surface area contributed by atoms with Gasteiger partial charge in [0.2, 0.25) is 0 Å². The van der Waals surface area contributed by atoms with Crippen LogP contribution in [0.15, 0.2) is 82.6 Å². The Labute approximate surface area is 128 Å². The molecular weight excluding hydrogens is 276 g/mol. The van der Waals surface area contributed by atoms with Gasteiger partial charge in [-0.15, -0.1) is 0 Å². The molecule has 0 unspecified atom stereocenters. The monoisotopic (exact) mass is 292 g/mol. The maximum absolute atomic E-state index is 6.11. The predicted molar refractivity (Wildman–Crippen MR) is 91.3 cm³/mol. The molecule has 3 aromatic rings. The van der Waals surface area contributed by atoms with E-state index in [0.29, 0.717) is 0 Å². The fourth-order valence-corrected chi connectivity index (χ4v) is 3.00. The number of hydrogen-bond donors (Lipinski definition) is 2. The van der Waals surface area contributed by atoms with Crippen LogP contribution in [0.5, 0.6) is 0 Å². The number of anilines is 2. The van der Waals surface area contributed by atoms with Crippen LogP contribution in [0.2, 0.25) is 0 Å². The third kappa shape index (κ3) is 3.20. The molecule has 0 saturated carbocycles. The lowest BCUT2D eigenvalue weighted by Gasteiger charge is -2.09. The molecule has 0 bridgehead atoms. The first-order chi connectivity index (χ1) is 10.2. The number of benzene rings is 3. The van der Waals surface area contributed by atoms with Crippen molar-refractivity contribution in [2.24, 2.45) is 0 Å². The summed E-state index contributed by atoms with van der Waals surface area (Å²) >= 11 is 1.70. The van der Waals surface area contributed by atoms with Gasteiger partial charge in [0.15, 0.2) is 0 Å². The summed E-state index contributed by atoms with van der Waals surface area (Å²) in [7, 11) is 0. The summed E-state index contributed by atoms with van der Waals surface area (Å²) in [6, 6.07) is 24.2. The van der Waals surface area contributed by atoms with Gasteiger partial charge in [-0.2, -0.15) is 0 Å². The lowest BCUT2D eigenvalue weighted by Crippen LogP contribution is -1.90. The van der Waals surface area contributed by atoms with Crippen LogP contribution in [0.1, 0.15) is 0 Å². The van der Waals surface area contributed by atoms with Crippen molar-refractivity contribution in [3.05, 3.63) is 72.8 Å². The van der Waals surface area contributed by atoms with Gasteiger partial charge in [-0.05, 0) is 48.0 Å². The Bertz CT molecular complexity index is 737. The second-order valence-corrected chi connectivity index (χ2v) is 5.93. The average molecular weight is 292 g/mol. The summed E-state index contributed by atoms with van der Waals surface area (Å²) in [4.78, 5) is 2.32. The first kappa shape index (κ1) is 13.6. The van der Waals surface area contributed by atoms with Crippen molar-refractivity contribution in [1.29, 1.82) is 0 Å². The third-order valence-corrected chi connectivity index (χ3v) is 4.22. The normalized spacial score (nSPS) is 10.5. The molecule has 104 valence electrons. The topological polar surface area (TPSA) is 52.0 Å². The van der Waals surface area contributed by atoms with Crippen molar-refractivity contribution in [2.45, 2.75) is 9.79 Å². The fourth-order valence-electron chi connectivity index (χ4n) is 2.14. The van der Waals surface area contributed by atoms with Gasteiger partial charge in [-0.25, -0.2) is 0 Å². The van der Waals surface area contributed by atoms with Crippen molar-refractivity contribution in [1.82, 2.24) is 0 Å². The highest BCUT2D eigenvalue weighted by Gasteiger charge is 2.05. The second-order valence-electron chi connectivity index (χ2n) is 4.79. The number of nitrogen functional groups attached to an aromatic ring is 2. The molecule has 4 N–H and O–H groups in total. The molecule has 0 aromatic heterocycles. The summed E-state index contributed by atoms with van der Waals surface area (Å²) in [6.07, 6.45) is 0. The van der Waals surface area contributed by atoms with Crippen molar-refractivity contribution in [3.63, 3.8) is 0 Å². The summed E-state index contributed by atoms with van der Waals surface area (Å²) < 4.78 is 0. The van der Waals surface area contributed by atoms with Gasteiger partial charge in [0.05, 0.1) is 0 Å². The zero-order chi connectivity index (χ0) is 14.7. The SMILES string of the molecule is Nc1ccc(Sc2ccc(N)c(-c3ccccc3)c2)cc1.